The summed E-state index contributed by atoms with van der Waals surface area (Å²) in [5, 5.41) is 7.07. The van der Waals surface area contributed by atoms with E-state index in [4.69, 9.17) is 0 Å². The zero-order valence-electron chi connectivity index (χ0n) is 16.9. The summed E-state index contributed by atoms with van der Waals surface area (Å²) in [4.78, 5) is 26.1. The fraction of sp³-hybridized carbons (Fsp3) is 0.500. The van der Waals surface area contributed by atoms with Crippen molar-refractivity contribution in [3.63, 3.8) is 0 Å². The quantitative estimate of drug-likeness (QED) is 0.826. The van der Waals surface area contributed by atoms with E-state index in [9.17, 15) is 4.79 Å². The second-order valence-electron chi connectivity index (χ2n) is 8.40. The van der Waals surface area contributed by atoms with Gasteiger partial charge in [-0.2, -0.15) is 0 Å². The van der Waals surface area contributed by atoms with Gasteiger partial charge in [0.2, 0.25) is 5.91 Å². The summed E-state index contributed by atoms with van der Waals surface area (Å²) in [6, 6.07) is 9.24. The molecule has 7 heteroatoms. The van der Waals surface area contributed by atoms with Gasteiger partial charge < -0.3 is 20.4 Å². The molecule has 3 heterocycles. The van der Waals surface area contributed by atoms with Gasteiger partial charge in [0.05, 0.1) is 18.7 Å². The molecule has 7 nitrogen and oxygen atoms in total. The number of piperidine rings is 1. The zero-order valence-corrected chi connectivity index (χ0v) is 16.9. The van der Waals surface area contributed by atoms with Crippen LogP contribution >= 0.6 is 0 Å². The van der Waals surface area contributed by atoms with Gasteiger partial charge in [0.15, 0.2) is 0 Å². The number of nitrogens with one attached hydrogen (secondary N) is 2. The Balaban J connectivity index is 1.42. The van der Waals surface area contributed by atoms with Crippen LogP contribution in [0.5, 0.6) is 0 Å². The standard InChI is InChI=1S/C22H28N6O/c1-27-13-20(29)28(18-6-8-23-9-7-18)12-19-21(24-14-25-22(19)27)26-17-10-15-4-2-3-5-16(15)11-17/h2-5,14,17-18,23H,6-13H2,1H3,(H,24,25,26). The van der Waals surface area contributed by atoms with Gasteiger partial charge >= 0.3 is 0 Å². The van der Waals surface area contributed by atoms with Gasteiger partial charge in [-0.15, -0.1) is 0 Å². The third kappa shape index (κ3) is 3.55. The van der Waals surface area contributed by atoms with Crippen LogP contribution < -0.4 is 15.5 Å². The number of likely N-dealkylation sites (N-methyl/N-ethyl adjacent to an activating group) is 1. The summed E-state index contributed by atoms with van der Waals surface area (Å²) in [6.07, 6.45) is 5.62. The first-order chi connectivity index (χ1) is 14.2. The summed E-state index contributed by atoms with van der Waals surface area (Å²) in [5.41, 5.74) is 3.86. The Kier molecular flexibility index (Phi) is 4.83. The fourth-order valence-corrected chi connectivity index (χ4v) is 4.93. The van der Waals surface area contributed by atoms with Gasteiger partial charge in [-0.3, -0.25) is 4.79 Å². The largest absolute Gasteiger partial charge is 0.366 e. The number of nitrogens with zero attached hydrogens (tertiary/aromatic N) is 4. The van der Waals surface area contributed by atoms with E-state index >= 15 is 0 Å². The highest BCUT2D eigenvalue weighted by Crippen LogP contribution is 2.31. The predicted octanol–water partition coefficient (Wildman–Crippen LogP) is 1.59. The number of carbonyl (C=O) groups excluding carboxylic acids is 1. The molecule has 1 aromatic carbocycles. The Hall–Kier alpha value is -2.67. The van der Waals surface area contributed by atoms with Crippen molar-refractivity contribution in [2.75, 3.05) is 36.9 Å². The molecule has 1 aliphatic carbocycles. The highest BCUT2D eigenvalue weighted by molar-refractivity contribution is 5.84. The van der Waals surface area contributed by atoms with E-state index in [2.05, 4.69) is 49.8 Å². The van der Waals surface area contributed by atoms with E-state index in [0.717, 1.165) is 56.0 Å². The van der Waals surface area contributed by atoms with Gasteiger partial charge in [0, 0.05) is 19.1 Å². The summed E-state index contributed by atoms with van der Waals surface area (Å²) < 4.78 is 0. The number of amides is 1. The highest BCUT2D eigenvalue weighted by atomic mass is 16.2. The van der Waals surface area contributed by atoms with Gasteiger partial charge in [-0.25, -0.2) is 9.97 Å². The molecule has 0 radical (unpaired) electrons. The average molecular weight is 393 g/mol. The van der Waals surface area contributed by atoms with Crippen LogP contribution in [-0.2, 0) is 24.2 Å². The van der Waals surface area contributed by atoms with Crippen molar-refractivity contribution in [3.8, 4) is 0 Å². The maximum atomic E-state index is 13.0. The number of benzene rings is 1. The van der Waals surface area contributed by atoms with Gasteiger partial charge in [-0.1, -0.05) is 24.3 Å². The first-order valence-electron chi connectivity index (χ1n) is 10.6. The smallest absolute Gasteiger partial charge is 0.242 e. The van der Waals surface area contributed by atoms with Crippen molar-refractivity contribution in [1.82, 2.24) is 20.2 Å². The minimum Gasteiger partial charge on any atom is -0.366 e. The molecule has 2 N–H and O–H groups in total. The van der Waals surface area contributed by atoms with Crippen LogP contribution in [0.3, 0.4) is 0 Å². The van der Waals surface area contributed by atoms with E-state index in [1.807, 2.05) is 11.9 Å². The lowest BCUT2D eigenvalue weighted by Gasteiger charge is -2.34. The Morgan fingerprint density at radius 2 is 1.79 bits per heavy atom. The molecule has 1 aromatic heterocycles. The van der Waals surface area contributed by atoms with Crippen LogP contribution in [0.25, 0.3) is 0 Å². The molecule has 1 amide bonds. The lowest BCUT2D eigenvalue weighted by atomic mass is 10.0. The first-order valence-corrected chi connectivity index (χ1v) is 10.6. The van der Waals surface area contributed by atoms with Crippen LogP contribution in [-0.4, -0.2) is 59.5 Å². The number of hydrogen-bond acceptors (Lipinski definition) is 6. The molecule has 0 spiro atoms. The van der Waals surface area contributed by atoms with Crippen molar-refractivity contribution in [2.45, 2.75) is 44.3 Å². The summed E-state index contributed by atoms with van der Waals surface area (Å²) >= 11 is 0. The van der Waals surface area contributed by atoms with Crippen molar-refractivity contribution < 1.29 is 4.79 Å². The maximum absolute atomic E-state index is 13.0. The maximum Gasteiger partial charge on any atom is 0.242 e. The van der Waals surface area contributed by atoms with Gasteiger partial charge in [0.1, 0.15) is 18.0 Å². The second-order valence-corrected chi connectivity index (χ2v) is 8.40. The number of fused-ring (bicyclic) bond motifs is 2. The van der Waals surface area contributed by atoms with E-state index in [-0.39, 0.29) is 11.9 Å². The SMILES string of the molecule is CN1CC(=O)N(C2CCNCC2)Cc2c(NC3Cc4ccccc4C3)ncnc21. The lowest BCUT2D eigenvalue weighted by molar-refractivity contribution is -0.133. The molecule has 29 heavy (non-hydrogen) atoms. The molecular formula is C22H28N6O. The summed E-state index contributed by atoms with van der Waals surface area (Å²) in [7, 11) is 1.95. The van der Waals surface area contributed by atoms with Crippen LogP contribution in [0.2, 0.25) is 0 Å². The van der Waals surface area contributed by atoms with Crippen molar-refractivity contribution in [2.24, 2.45) is 0 Å². The van der Waals surface area contributed by atoms with Crippen molar-refractivity contribution in [1.29, 1.82) is 0 Å². The van der Waals surface area contributed by atoms with Crippen molar-refractivity contribution >= 4 is 17.5 Å². The van der Waals surface area contributed by atoms with Crippen LogP contribution in [0.4, 0.5) is 11.6 Å². The molecule has 1 saturated heterocycles. The Morgan fingerprint density at radius 3 is 2.52 bits per heavy atom. The predicted molar refractivity (Wildman–Crippen MR) is 113 cm³/mol. The number of anilines is 2. The number of rotatable bonds is 3. The first kappa shape index (κ1) is 18.4. The van der Waals surface area contributed by atoms with E-state index in [1.165, 1.54) is 11.1 Å². The Morgan fingerprint density at radius 1 is 1.07 bits per heavy atom. The number of aromatic nitrogens is 2. The summed E-state index contributed by atoms with van der Waals surface area (Å²) in [6.45, 7) is 2.87. The van der Waals surface area contributed by atoms with Crippen molar-refractivity contribution in [3.05, 3.63) is 47.3 Å². The second kappa shape index (κ2) is 7.63. The van der Waals surface area contributed by atoms with Crippen LogP contribution in [0, 0.1) is 0 Å². The third-order valence-electron chi connectivity index (χ3n) is 6.45. The molecule has 0 unspecified atom stereocenters. The molecule has 5 rings (SSSR count). The Bertz CT molecular complexity index is 885. The van der Waals surface area contributed by atoms with Crippen LogP contribution in [0.1, 0.15) is 29.5 Å². The molecule has 1 fully saturated rings. The van der Waals surface area contributed by atoms with E-state index in [1.54, 1.807) is 6.33 Å². The monoisotopic (exact) mass is 392 g/mol. The minimum absolute atomic E-state index is 0.177. The zero-order chi connectivity index (χ0) is 19.8. The normalized spacial score (nSPS) is 20.4. The molecule has 152 valence electrons. The third-order valence-corrected chi connectivity index (χ3v) is 6.45. The molecule has 0 bridgehead atoms. The molecule has 0 atom stereocenters. The van der Waals surface area contributed by atoms with E-state index in [0.29, 0.717) is 19.1 Å². The molecule has 3 aliphatic rings. The molecule has 2 aromatic rings. The molecule has 0 saturated carbocycles. The van der Waals surface area contributed by atoms with Crippen LogP contribution in [0.15, 0.2) is 30.6 Å². The molecular weight excluding hydrogens is 364 g/mol. The topological polar surface area (TPSA) is 73.4 Å². The summed E-state index contributed by atoms with van der Waals surface area (Å²) in [5.74, 6) is 1.91. The number of carbonyl (C=O) groups is 1. The van der Waals surface area contributed by atoms with Gasteiger partial charge in [-0.05, 0) is 49.9 Å². The molecule has 2 aliphatic heterocycles. The average Bonchev–Trinajstić information content (AvgIpc) is 3.09. The number of hydrogen-bond donors (Lipinski definition) is 2. The fourth-order valence-electron chi connectivity index (χ4n) is 4.93. The minimum atomic E-state index is 0.177. The highest BCUT2D eigenvalue weighted by Gasteiger charge is 2.33. The Labute approximate surface area is 171 Å². The van der Waals surface area contributed by atoms with E-state index < -0.39 is 0 Å². The lowest BCUT2D eigenvalue weighted by Crippen LogP contribution is -2.47. The van der Waals surface area contributed by atoms with Gasteiger partial charge in [0.25, 0.3) is 0 Å².